The van der Waals surface area contributed by atoms with Crippen LogP contribution in [0.2, 0.25) is 0 Å². The lowest BCUT2D eigenvalue weighted by molar-refractivity contribution is -0.0847. The Balaban J connectivity index is 2.40. The highest BCUT2D eigenvalue weighted by Gasteiger charge is 2.42. The van der Waals surface area contributed by atoms with Crippen LogP contribution in [0.5, 0.6) is 0 Å². The van der Waals surface area contributed by atoms with Crippen molar-refractivity contribution in [2.24, 2.45) is 5.92 Å². The van der Waals surface area contributed by atoms with Gasteiger partial charge in [-0.1, -0.05) is 30.7 Å². The highest BCUT2D eigenvalue weighted by atomic mass is 16.3. The molecule has 1 fully saturated rings. The lowest BCUT2D eigenvalue weighted by Gasteiger charge is -2.46. The van der Waals surface area contributed by atoms with Crippen molar-refractivity contribution < 1.29 is 5.11 Å². The largest absolute Gasteiger partial charge is 0.385 e. The SMILES string of the molecule is Cc1ccc([C@]2(O)C[C@H](C)N(C)C[C@H]2C)c(C)c1. The molecule has 0 spiro atoms. The van der Waals surface area contributed by atoms with Gasteiger partial charge in [0.2, 0.25) is 0 Å². The lowest BCUT2D eigenvalue weighted by atomic mass is 9.73. The van der Waals surface area contributed by atoms with E-state index in [4.69, 9.17) is 0 Å². The minimum atomic E-state index is -0.677. The number of rotatable bonds is 1. The summed E-state index contributed by atoms with van der Waals surface area (Å²) in [5, 5.41) is 11.1. The number of likely N-dealkylation sites (tertiary alicyclic amines) is 1. The van der Waals surface area contributed by atoms with Crippen molar-refractivity contribution >= 4 is 0 Å². The topological polar surface area (TPSA) is 23.5 Å². The fourth-order valence-electron chi connectivity index (χ4n) is 3.25. The molecule has 1 N–H and O–H groups in total. The van der Waals surface area contributed by atoms with Gasteiger partial charge in [-0.3, -0.25) is 0 Å². The summed E-state index contributed by atoms with van der Waals surface area (Å²) in [4.78, 5) is 2.34. The van der Waals surface area contributed by atoms with E-state index in [0.717, 1.165) is 18.5 Å². The molecule has 100 valence electrons. The molecular weight excluding hydrogens is 222 g/mol. The molecule has 0 saturated carbocycles. The van der Waals surface area contributed by atoms with E-state index in [2.05, 4.69) is 57.8 Å². The third-order valence-electron chi connectivity index (χ3n) is 4.58. The normalized spacial score (nSPS) is 33.7. The molecule has 0 aliphatic carbocycles. The first-order valence-corrected chi connectivity index (χ1v) is 6.85. The first-order valence-electron chi connectivity index (χ1n) is 6.85. The molecule has 1 aliphatic rings. The van der Waals surface area contributed by atoms with Gasteiger partial charge in [0, 0.05) is 18.5 Å². The fourth-order valence-corrected chi connectivity index (χ4v) is 3.25. The lowest BCUT2D eigenvalue weighted by Crippen LogP contribution is -2.51. The molecule has 2 rings (SSSR count). The van der Waals surface area contributed by atoms with Crippen molar-refractivity contribution in [2.45, 2.75) is 45.8 Å². The van der Waals surface area contributed by atoms with Gasteiger partial charge in [-0.15, -0.1) is 0 Å². The Morgan fingerprint density at radius 2 is 1.94 bits per heavy atom. The predicted octanol–water partition coefficient (Wildman–Crippen LogP) is 2.85. The van der Waals surface area contributed by atoms with Gasteiger partial charge < -0.3 is 10.0 Å². The standard InChI is InChI=1S/C16H25NO/c1-11-6-7-15(12(2)8-11)16(18)9-14(4)17(5)10-13(16)3/h6-8,13-14,18H,9-10H2,1-5H3/t13-,14+,16+/m1/s1. The Kier molecular flexibility index (Phi) is 3.52. The van der Waals surface area contributed by atoms with Crippen molar-refractivity contribution in [3.63, 3.8) is 0 Å². The van der Waals surface area contributed by atoms with Gasteiger partial charge in [-0.25, -0.2) is 0 Å². The summed E-state index contributed by atoms with van der Waals surface area (Å²) in [6.45, 7) is 9.50. The molecule has 1 saturated heterocycles. The van der Waals surface area contributed by atoms with E-state index in [1.807, 2.05) is 0 Å². The van der Waals surface area contributed by atoms with E-state index in [9.17, 15) is 5.11 Å². The van der Waals surface area contributed by atoms with Crippen LogP contribution in [0.1, 0.15) is 37.0 Å². The molecule has 0 bridgehead atoms. The van der Waals surface area contributed by atoms with Crippen LogP contribution >= 0.6 is 0 Å². The number of benzene rings is 1. The Morgan fingerprint density at radius 1 is 1.28 bits per heavy atom. The highest BCUT2D eigenvalue weighted by molar-refractivity contribution is 5.36. The zero-order valence-electron chi connectivity index (χ0n) is 12.2. The van der Waals surface area contributed by atoms with Gasteiger partial charge >= 0.3 is 0 Å². The third-order valence-corrected chi connectivity index (χ3v) is 4.58. The summed E-state index contributed by atoms with van der Waals surface area (Å²) in [7, 11) is 2.14. The second-order valence-electron chi connectivity index (χ2n) is 6.14. The zero-order valence-corrected chi connectivity index (χ0v) is 12.2. The van der Waals surface area contributed by atoms with Crippen LogP contribution in [0.4, 0.5) is 0 Å². The predicted molar refractivity (Wildman–Crippen MR) is 75.7 cm³/mol. The molecular formula is C16H25NO. The third kappa shape index (κ3) is 2.19. The molecule has 1 aliphatic heterocycles. The van der Waals surface area contributed by atoms with Crippen molar-refractivity contribution in [1.29, 1.82) is 0 Å². The number of piperidine rings is 1. The summed E-state index contributed by atoms with van der Waals surface area (Å²) in [6, 6.07) is 6.81. The van der Waals surface area contributed by atoms with E-state index in [-0.39, 0.29) is 5.92 Å². The zero-order chi connectivity index (χ0) is 13.5. The first kappa shape index (κ1) is 13.6. The molecule has 2 heteroatoms. The molecule has 18 heavy (non-hydrogen) atoms. The summed E-state index contributed by atoms with van der Waals surface area (Å²) < 4.78 is 0. The van der Waals surface area contributed by atoms with Gasteiger partial charge in [-0.2, -0.15) is 0 Å². The number of hydrogen-bond donors (Lipinski definition) is 1. The molecule has 1 aromatic carbocycles. The first-order chi connectivity index (χ1) is 8.34. The quantitative estimate of drug-likeness (QED) is 0.825. The number of aliphatic hydroxyl groups is 1. The van der Waals surface area contributed by atoms with Crippen LogP contribution in [0, 0.1) is 19.8 Å². The summed E-state index contributed by atoms with van der Waals surface area (Å²) in [5.74, 6) is 0.264. The van der Waals surface area contributed by atoms with Crippen LogP contribution in [0.3, 0.4) is 0 Å². The maximum atomic E-state index is 11.1. The van der Waals surface area contributed by atoms with Gasteiger partial charge in [0.05, 0.1) is 5.60 Å². The fraction of sp³-hybridized carbons (Fsp3) is 0.625. The molecule has 0 aromatic heterocycles. The van der Waals surface area contributed by atoms with Crippen molar-refractivity contribution in [3.8, 4) is 0 Å². The smallest absolute Gasteiger partial charge is 0.0951 e. The molecule has 1 heterocycles. The number of aryl methyl sites for hydroxylation is 2. The van der Waals surface area contributed by atoms with Crippen LogP contribution in [0.25, 0.3) is 0 Å². The minimum absolute atomic E-state index is 0.264. The summed E-state index contributed by atoms with van der Waals surface area (Å²) in [6.07, 6.45) is 0.814. The molecule has 0 radical (unpaired) electrons. The van der Waals surface area contributed by atoms with Gasteiger partial charge in [0.1, 0.15) is 0 Å². The second-order valence-corrected chi connectivity index (χ2v) is 6.14. The number of nitrogens with zero attached hydrogens (tertiary/aromatic N) is 1. The molecule has 3 atom stereocenters. The molecule has 1 aromatic rings. The summed E-state index contributed by atoms with van der Waals surface area (Å²) in [5.41, 5.74) is 2.90. The maximum Gasteiger partial charge on any atom is 0.0951 e. The Hall–Kier alpha value is -0.860. The van der Waals surface area contributed by atoms with E-state index < -0.39 is 5.60 Å². The van der Waals surface area contributed by atoms with E-state index >= 15 is 0 Å². The maximum absolute atomic E-state index is 11.1. The number of hydrogen-bond acceptors (Lipinski definition) is 2. The van der Waals surface area contributed by atoms with E-state index in [0.29, 0.717) is 6.04 Å². The molecule has 0 unspecified atom stereocenters. The van der Waals surface area contributed by atoms with Crippen molar-refractivity contribution in [1.82, 2.24) is 4.90 Å². The summed E-state index contributed by atoms with van der Waals surface area (Å²) >= 11 is 0. The van der Waals surface area contributed by atoms with Gasteiger partial charge in [0.15, 0.2) is 0 Å². The average Bonchev–Trinajstić information content (AvgIpc) is 2.26. The van der Waals surface area contributed by atoms with Crippen LogP contribution in [-0.4, -0.2) is 29.6 Å². The Labute approximate surface area is 111 Å². The monoisotopic (exact) mass is 247 g/mol. The Morgan fingerprint density at radius 3 is 2.56 bits per heavy atom. The molecule has 2 nitrogen and oxygen atoms in total. The van der Waals surface area contributed by atoms with Crippen LogP contribution in [0.15, 0.2) is 18.2 Å². The average molecular weight is 247 g/mol. The highest BCUT2D eigenvalue weighted by Crippen LogP contribution is 2.40. The van der Waals surface area contributed by atoms with E-state index in [1.165, 1.54) is 11.1 Å². The minimum Gasteiger partial charge on any atom is -0.385 e. The van der Waals surface area contributed by atoms with E-state index in [1.54, 1.807) is 0 Å². The van der Waals surface area contributed by atoms with Gasteiger partial charge in [0.25, 0.3) is 0 Å². The second kappa shape index (κ2) is 4.67. The van der Waals surface area contributed by atoms with Crippen molar-refractivity contribution in [3.05, 3.63) is 34.9 Å². The van der Waals surface area contributed by atoms with Crippen molar-refractivity contribution in [2.75, 3.05) is 13.6 Å². The van der Waals surface area contributed by atoms with Crippen LogP contribution in [-0.2, 0) is 5.60 Å². The Bertz CT molecular complexity index is 443. The van der Waals surface area contributed by atoms with Crippen LogP contribution < -0.4 is 0 Å². The molecule has 0 amide bonds. The van der Waals surface area contributed by atoms with Gasteiger partial charge in [-0.05, 0) is 45.4 Å².